The number of furan rings is 2. The summed E-state index contributed by atoms with van der Waals surface area (Å²) in [6.45, 7) is 9.48. The van der Waals surface area contributed by atoms with E-state index >= 15 is 0 Å². The fourth-order valence-electron chi connectivity index (χ4n) is 10.2. The number of thiophene rings is 2. The summed E-state index contributed by atoms with van der Waals surface area (Å²) in [6, 6.07) is 37.2. The third kappa shape index (κ3) is 8.20. The van der Waals surface area contributed by atoms with Crippen LogP contribution in [0.2, 0.25) is 0 Å². The third-order valence-electron chi connectivity index (χ3n) is 13.6. The molecule has 0 bridgehead atoms. The van der Waals surface area contributed by atoms with Crippen molar-refractivity contribution in [2.45, 2.75) is 97.3 Å². The van der Waals surface area contributed by atoms with Crippen LogP contribution in [0.25, 0.3) is 97.3 Å². The van der Waals surface area contributed by atoms with Gasteiger partial charge in [0.1, 0.15) is 11.2 Å². The summed E-state index contributed by atoms with van der Waals surface area (Å²) in [5.74, 6) is 2.82. The number of nitrogens with zero attached hydrogens (tertiary/aromatic N) is 4. The van der Waals surface area contributed by atoms with E-state index in [0.29, 0.717) is 11.8 Å². The number of fused-ring (bicyclic) bond motifs is 7. The van der Waals surface area contributed by atoms with Crippen molar-refractivity contribution in [1.82, 2.24) is 17.5 Å². The second-order valence-electron chi connectivity index (χ2n) is 17.4. The minimum absolute atomic E-state index is 0. The Labute approximate surface area is 425 Å². The minimum Gasteiger partial charge on any atom is -0.466 e. The summed E-state index contributed by atoms with van der Waals surface area (Å²) < 4.78 is 32.3. The Balaban J connectivity index is 0.00000266. The van der Waals surface area contributed by atoms with Gasteiger partial charge >= 0.3 is 0 Å². The van der Waals surface area contributed by atoms with Crippen LogP contribution in [-0.2, 0) is 47.5 Å². The van der Waals surface area contributed by atoms with E-state index in [1.807, 2.05) is 59.1 Å². The number of aromatic nitrogens is 4. The Hall–Kier alpha value is -3.62. The van der Waals surface area contributed by atoms with Gasteiger partial charge in [-0.1, -0.05) is 128 Å². The molecule has 0 amide bonds. The molecule has 1 aliphatic carbocycles. The fourth-order valence-corrected chi connectivity index (χ4v) is 14.0. The van der Waals surface area contributed by atoms with E-state index in [0.717, 1.165) is 90.6 Å². The first-order valence-corrected chi connectivity index (χ1v) is 25.7. The summed E-state index contributed by atoms with van der Waals surface area (Å²) in [7, 11) is 0. The Morgan fingerprint density at radius 3 is 1.42 bits per heavy atom. The van der Waals surface area contributed by atoms with Gasteiger partial charge in [0, 0.05) is 90.1 Å². The first kappa shape index (κ1) is 46.5. The Morgan fingerprint density at radius 2 is 1.00 bits per heavy atom. The smallest absolute Gasteiger partial charge is 0.133 e. The van der Waals surface area contributed by atoms with E-state index in [9.17, 15) is 0 Å². The summed E-state index contributed by atoms with van der Waals surface area (Å²) in [5.41, 5.74) is 12.0. The first-order valence-electron chi connectivity index (χ1n) is 22.6. The van der Waals surface area contributed by atoms with E-state index in [1.54, 1.807) is 0 Å². The van der Waals surface area contributed by atoms with Crippen LogP contribution in [0.5, 0.6) is 0 Å². The van der Waals surface area contributed by atoms with Crippen molar-refractivity contribution in [2.75, 3.05) is 0 Å². The van der Waals surface area contributed by atoms with E-state index in [-0.39, 0.29) is 47.5 Å². The molecule has 65 heavy (non-hydrogen) atoms. The van der Waals surface area contributed by atoms with E-state index in [2.05, 4.69) is 88.4 Å². The molecule has 0 radical (unpaired) electrons. The molecule has 0 aliphatic heterocycles. The molecule has 1 aliphatic rings. The number of hydrogen-bond acceptors (Lipinski definition) is 10. The number of unbranched alkanes of at least 4 members (excludes halogenated alkanes) is 2. The van der Waals surface area contributed by atoms with Crippen LogP contribution in [0.1, 0.15) is 103 Å². The maximum absolute atomic E-state index is 6.35. The molecule has 10 aromatic rings. The maximum Gasteiger partial charge on any atom is 0.133 e. The Bertz CT molecular complexity index is 2980. The number of hydrogen-bond donors (Lipinski definition) is 0. The van der Waals surface area contributed by atoms with Crippen molar-refractivity contribution in [1.29, 1.82) is 0 Å². The number of rotatable bonds is 16. The fraction of sp³-hybridized carbons (Fsp3) is 0.321. The summed E-state index contributed by atoms with van der Waals surface area (Å²) >= 11 is 6.34. The maximum atomic E-state index is 6.35. The van der Waals surface area contributed by atoms with E-state index in [1.165, 1.54) is 105 Å². The number of benzene rings is 4. The van der Waals surface area contributed by atoms with Crippen LogP contribution in [0.15, 0.2) is 93.8 Å². The summed E-state index contributed by atoms with van der Waals surface area (Å²) in [4.78, 5) is 5.19. The zero-order chi connectivity index (χ0) is 42.7. The van der Waals surface area contributed by atoms with Crippen LogP contribution in [-0.4, -0.2) is 17.5 Å². The molecule has 6 nitrogen and oxygen atoms in total. The molecule has 2 unspecified atom stereocenters. The summed E-state index contributed by atoms with van der Waals surface area (Å²) in [6.07, 6.45) is 12.1. The molecular weight excluding hydrogens is 1220 g/mol. The van der Waals surface area contributed by atoms with Crippen LogP contribution in [0.3, 0.4) is 0 Å². The molecule has 6 heterocycles. The van der Waals surface area contributed by atoms with Crippen LogP contribution in [0, 0.1) is 24.0 Å². The molecular formula is C53H48N4O2S4W2-2. The Kier molecular flexibility index (Phi) is 14.0. The Morgan fingerprint density at radius 1 is 0.569 bits per heavy atom. The molecule has 12 heteroatoms. The molecule has 330 valence electrons. The van der Waals surface area contributed by atoms with Gasteiger partial charge in [-0.2, -0.15) is 31.4 Å². The van der Waals surface area contributed by atoms with Crippen LogP contribution in [0.4, 0.5) is 0 Å². The molecule has 4 aromatic carbocycles. The molecule has 2 atom stereocenters. The van der Waals surface area contributed by atoms with Crippen molar-refractivity contribution < 1.29 is 51.0 Å². The minimum atomic E-state index is -0.127. The molecule has 11 rings (SSSR count). The molecule has 0 saturated carbocycles. The zero-order valence-corrected chi connectivity index (χ0v) is 46.0. The van der Waals surface area contributed by atoms with Gasteiger partial charge in [-0.3, -0.25) is 0 Å². The van der Waals surface area contributed by atoms with Crippen molar-refractivity contribution in [2.24, 2.45) is 11.8 Å². The topological polar surface area (TPSA) is 77.8 Å². The van der Waals surface area contributed by atoms with Crippen LogP contribution >= 0.6 is 46.1 Å². The predicted molar refractivity (Wildman–Crippen MR) is 265 cm³/mol. The van der Waals surface area contributed by atoms with Crippen LogP contribution < -0.4 is 0 Å². The van der Waals surface area contributed by atoms with Gasteiger partial charge in [-0.25, -0.2) is 8.75 Å². The SMILES string of the molecule is CCCCC(CC)CC1(CC(CC)CCCC)c2cc(-c3[c-]cc(-c4cc5ccccc5o4)c4nsnc34)sc2-c2sc(-c3[c-]cc(-c4cc5ccccc5o4)c4nsnc34)cc21.[W].[W]. The number of para-hydroxylation sites is 2. The first-order chi connectivity index (χ1) is 31.0. The molecule has 0 spiro atoms. The molecule has 0 fully saturated rings. The normalized spacial score (nSPS) is 13.9. The monoisotopic (exact) mass is 1270 g/mol. The van der Waals surface area contributed by atoms with Gasteiger partial charge in [0.15, 0.2) is 0 Å². The third-order valence-corrected chi connectivity index (χ3v) is 17.1. The van der Waals surface area contributed by atoms with Crippen molar-refractivity contribution in [3.05, 3.63) is 108 Å². The van der Waals surface area contributed by atoms with Gasteiger partial charge in [0.25, 0.3) is 0 Å². The van der Waals surface area contributed by atoms with Crippen molar-refractivity contribution in [3.8, 4) is 53.3 Å². The van der Waals surface area contributed by atoms with Gasteiger partial charge in [0.05, 0.1) is 35.0 Å². The van der Waals surface area contributed by atoms with Gasteiger partial charge in [0.2, 0.25) is 0 Å². The average Bonchev–Trinajstić information content (AvgIpc) is 4.17. The van der Waals surface area contributed by atoms with E-state index < -0.39 is 0 Å². The van der Waals surface area contributed by atoms with Crippen molar-refractivity contribution >= 4 is 90.1 Å². The second kappa shape index (κ2) is 19.5. The predicted octanol–water partition coefficient (Wildman–Crippen LogP) is 17.1. The molecule has 0 saturated heterocycles. The second-order valence-corrected chi connectivity index (χ2v) is 20.6. The average molecular weight is 1270 g/mol. The quantitative estimate of drug-likeness (QED) is 0.0897. The van der Waals surface area contributed by atoms with Gasteiger partial charge < -0.3 is 8.83 Å². The van der Waals surface area contributed by atoms with E-state index in [4.69, 9.17) is 26.3 Å². The molecule has 0 N–H and O–H groups in total. The van der Waals surface area contributed by atoms with Crippen molar-refractivity contribution in [3.63, 3.8) is 0 Å². The van der Waals surface area contributed by atoms with Gasteiger partial charge in [-0.15, -0.1) is 35.4 Å². The van der Waals surface area contributed by atoms with Gasteiger partial charge in [-0.05, 0) is 81.0 Å². The molecule has 6 aromatic heterocycles. The zero-order valence-electron chi connectivity index (χ0n) is 36.9. The largest absolute Gasteiger partial charge is 0.466 e. The summed E-state index contributed by atoms with van der Waals surface area (Å²) in [5, 5.41) is 2.15. The standard InChI is InChI=1S/C53H48N4O2S4.2W/c1-5-9-15-31(7-3)29-53(30-32(8-4)16-10-6-2)39-27-45(37-23-21-35(47-49(37)56-62-54-47)43-25-33-17-11-13-19-41(33)58-43)60-51(39)52-40(53)28-46(61-52)38-24-22-36(48-50(38)57-63-55-48)44-26-34-18-12-14-20-42(34)59-44;;/h11-14,17-22,25-28,31-32H,5-10,15-16,29-30H2,1-4H3;;/q-2;;.